The molecular weight excluding hydrogens is 388 g/mol. The molecule has 0 saturated carbocycles. The van der Waals surface area contributed by atoms with E-state index in [4.69, 9.17) is 14.2 Å². The van der Waals surface area contributed by atoms with Crippen LogP contribution in [0.15, 0.2) is 36.4 Å². The van der Waals surface area contributed by atoms with Gasteiger partial charge in [0.15, 0.2) is 6.10 Å². The van der Waals surface area contributed by atoms with Crippen molar-refractivity contribution in [3.63, 3.8) is 0 Å². The van der Waals surface area contributed by atoms with Crippen molar-refractivity contribution in [2.24, 2.45) is 0 Å². The van der Waals surface area contributed by atoms with E-state index < -0.39 is 23.9 Å². The molecule has 0 aromatic heterocycles. The fraction of sp³-hybridized carbons (Fsp3) is 0.318. The van der Waals surface area contributed by atoms with Crippen molar-refractivity contribution in [1.82, 2.24) is 5.32 Å². The normalized spacial score (nSPS) is 11.2. The van der Waals surface area contributed by atoms with Crippen LogP contribution in [-0.2, 0) is 14.3 Å². The van der Waals surface area contributed by atoms with E-state index >= 15 is 0 Å². The Kier molecular flexibility index (Phi) is 7.80. The lowest BCUT2D eigenvalue weighted by molar-refractivity contribution is -0.152. The minimum atomic E-state index is -1.02. The summed E-state index contributed by atoms with van der Waals surface area (Å²) in [6, 6.07) is 10.3. The van der Waals surface area contributed by atoms with Crippen LogP contribution in [0.2, 0.25) is 0 Å². The van der Waals surface area contributed by atoms with E-state index in [0.717, 1.165) is 11.1 Å². The molecule has 2 rings (SSSR count). The molecule has 160 valence electrons. The first-order chi connectivity index (χ1) is 14.2. The highest BCUT2D eigenvalue weighted by molar-refractivity contribution is 5.98. The van der Waals surface area contributed by atoms with Gasteiger partial charge in [0, 0.05) is 17.3 Å². The van der Waals surface area contributed by atoms with Gasteiger partial charge in [-0.1, -0.05) is 17.7 Å². The Labute approximate surface area is 175 Å². The van der Waals surface area contributed by atoms with E-state index in [1.165, 1.54) is 33.3 Å². The standard InChI is InChI=1S/C22H26N2O6/c1-13-6-7-19(14(2)8-13)24-21(26)15(3)30-20(25)12-23-22(27)16-9-17(28-4)11-18(10-16)29-5/h6-11,15H,12H2,1-5H3,(H,23,27)(H,24,26)/t15-/m0/s1. The van der Waals surface area contributed by atoms with Gasteiger partial charge in [0.05, 0.1) is 14.2 Å². The zero-order chi connectivity index (χ0) is 22.3. The van der Waals surface area contributed by atoms with Crippen LogP contribution in [0.25, 0.3) is 0 Å². The number of methoxy groups -OCH3 is 2. The summed E-state index contributed by atoms with van der Waals surface area (Å²) in [5, 5.41) is 5.18. The number of anilines is 1. The van der Waals surface area contributed by atoms with Crippen LogP contribution < -0.4 is 20.1 Å². The molecule has 0 aliphatic heterocycles. The molecule has 2 aromatic carbocycles. The molecule has 0 aliphatic carbocycles. The number of rotatable bonds is 8. The second-order valence-electron chi connectivity index (χ2n) is 6.72. The summed E-state index contributed by atoms with van der Waals surface area (Å²) in [4.78, 5) is 36.6. The molecule has 2 amide bonds. The van der Waals surface area contributed by atoms with Gasteiger partial charge >= 0.3 is 5.97 Å². The Balaban J connectivity index is 1.89. The zero-order valence-electron chi connectivity index (χ0n) is 17.7. The maximum absolute atomic E-state index is 12.3. The van der Waals surface area contributed by atoms with E-state index in [-0.39, 0.29) is 12.1 Å². The minimum absolute atomic E-state index is 0.264. The average Bonchev–Trinajstić information content (AvgIpc) is 2.73. The van der Waals surface area contributed by atoms with Crippen LogP contribution in [0.1, 0.15) is 28.4 Å². The molecule has 0 spiro atoms. The molecule has 1 atom stereocenters. The number of ether oxygens (including phenoxy) is 3. The van der Waals surface area contributed by atoms with Crippen molar-refractivity contribution in [3.8, 4) is 11.5 Å². The van der Waals surface area contributed by atoms with Gasteiger partial charge in [-0.3, -0.25) is 14.4 Å². The van der Waals surface area contributed by atoms with Gasteiger partial charge in [-0.15, -0.1) is 0 Å². The number of esters is 1. The molecule has 0 saturated heterocycles. The smallest absolute Gasteiger partial charge is 0.326 e. The van der Waals surface area contributed by atoms with E-state index in [2.05, 4.69) is 10.6 Å². The maximum Gasteiger partial charge on any atom is 0.326 e. The van der Waals surface area contributed by atoms with Gasteiger partial charge < -0.3 is 24.8 Å². The second kappa shape index (κ2) is 10.3. The Morgan fingerprint density at radius 2 is 1.60 bits per heavy atom. The van der Waals surface area contributed by atoms with Crippen molar-refractivity contribution in [2.45, 2.75) is 26.9 Å². The Morgan fingerprint density at radius 3 is 2.17 bits per heavy atom. The van der Waals surface area contributed by atoms with Gasteiger partial charge in [0.2, 0.25) is 0 Å². The molecule has 30 heavy (non-hydrogen) atoms. The van der Waals surface area contributed by atoms with Crippen molar-refractivity contribution in [3.05, 3.63) is 53.1 Å². The van der Waals surface area contributed by atoms with Crippen LogP contribution >= 0.6 is 0 Å². The van der Waals surface area contributed by atoms with E-state index in [9.17, 15) is 14.4 Å². The van der Waals surface area contributed by atoms with Crippen molar-refractivity contribution in [1.29, 1.82) is 0 Å². The molecule has 0 radical (unpaired) electrons. The van der Waals surface area contributed by atoms with Crippen LogP contribution in [0.5, 0.6) is 11.5 Å². The first kappa shape index (κ1) is 22.7. The Hall–Kier alpha value is -3.55. The second-order valence-corrected chi connectivity index (χ2v) is 6.72. The van der Waals surface area contributed by atoms with Crippen LogP contribution in [0, 0.1) is 13.8 Å². The topological polar surface area (TPSA) is 103 Å². The van der Waals surface area contributed by atoms with Gasteiger partial charge in [-0.25, -0.2) is 0 Å². The number of hydrogen-bond acceptors (Lipinski definition) is 6. The van der Waals surface area contributed by atoms with Gasteiger partial charge in [0.25, 0.3) is 11.8 Å². The number of carbonyl (C=O) groups is 3. The first-order valence-electron chi connectivity index (χ1n) is 9.32. The first-order valence-corrected chi connectivity index (χ1v) is 9.32. The summed E-state index contributed by atoms with van der Waals surface area (Å²) in [6.07, 6.45) is -1.02. The monoisotopic (exact) mass is 414 g/mol. The quantitative estimate of drug-likeness (QED) is 0.644. The Bertz CT molecular complexity index is 919. The van der Waals surface area contributed by atoms with Crippen molar-refractivity contribution >= 4 is 23.5 Å². The molecule has 0 unspecified atom stereocenters. The summed E-state index contributed by atoms with van der Waals surface area (Å²) in [6.45, 7) is 4.91. The molecule has 0 aliphatic rings. The highest BCUT2D eigenvalue weighted by Crippen LogP contribution is 2.22. The molecule has 0 fully saturated rings. The SMILES string of the molecule is COc1cc(OC)cc(C(=O)NCC(=O)O[C@@H](C)C(=O)Nc2ccc(C)cc2C)c1. The van der Waals surface area contributed by atoms with E-state index in [1.54, 1.807) is 12.1 Å². The summed E-state index contributed by atoms with van der Waals surface area (Å²) in [7, 11) is 2.94. The predicted octanol–water partition coefficient (Wildman–Crippen LogP) is 2.62. The largest absolute Gasteiger partial charge is 0.497 e. The van der Waals surface area contributed by atoms with Crippen LogP contribution in [-0.4, -0.2) is 44.7 Å². The fourth-order valence-corrected chi connectivity index (χ4v) is 2.67. The van der Waals surface area contributed by atoms with Crippen LogP contribution in [0.4, 0.5) is 5.69 Å². The van der Waals surface area contributed by atoms with Crippen LogP contribution in [0.3, 0.4) is 0 Å². The lowest BCUT2D eigenvalue weighted by Gasteiger charge is -2.15. The summed E-state index contributed by atoms with van der Waals surface area (Å²) in [5.74, 6) is -0.810. The predicted molar refractivity (Wildman–Crippen MR) is 112 cm³/mol. The molecule has 8 nitrogen and oxygen atoms in total. The number of nitrogens with one attached hydrogen (secondary N) is 2. The molecule has 8 heteroatoms. The highest BCUT2D eigenvalue weighted by atomic mass is 16.5. The van der Waals surface area contributed by atoms with Gasteiger partial charge in [0.1, 0.15) is 18.0 Å². The summed E-state index contributed by atoms with van der Waals surface area (Å²) in [5.41, 5.74) is 2.89. The number of carbonyl (C=O) groups excluding carboxylic acids is 3. The van der Waals surface area contributed by atoms with Gasteiger partial charge in [-0.2, -0.15) is 0 Å². The molecule has 2 N–H and O–H groups in total. The number of hydrogen-bond donors (Lipinski definition) is 2. The van der Waals surface area contributed by atoms with E-state index in [0.29, 0.717) is 17.2 Å². The van der Waals surface area contributed by atoms with Gasteiger partial charge in [-0.05, 0) is 44.5 Å². The number of aryl methyl sites for hydroxylation is 2. The lowest BCUT2D eigenvalue weighted by atomic mass is 10.1. The van der Waals surface area contributed by atoms with E-state index in [1.807, 2.05) is 26.0 Å². The maximum atomic E-state index is 12.3. The highest BCUT2D eigenvalue weighted by Gasteiger charge is 2.19. The molecular formula is C22H26N2O6. The molecule has 2 aromatic rings. The zero-order valence-corrected chi connectivity index (χ0v) is 17.7. The summed E-state index contributed by atoms with van der Waals surface area (Å²) >= 11 is 0. The third-order valence-electron chi connectivity index (χ3n) is 4.32. The summed E-state index contributed by atoms with van der Waals surface area (Å²) < 4.78 is 15.3. The lowest BCUT2D eigenvalue weighted by Crippen LogP contribution is -2.36. The third-order valence-corrected chi connectivity index (χ3v) is 4.32. The minimum Gasteiger partial charge on any atom is -0.497 e. The van der Waals surface area contributed by atoms with Crippen molar-refractivity contribution in [2.75, 3.05) is 26.1 Å². The molecule has 0 bridgehead atoms. The number of benzene rings is 2. The number of amides is 2. The van der Waals surface area contributed by atoms with Crippen molar-refractivity contribution < 1.29 is 28.6 Å². The average molecular weight is 414 g/mol. The Morgan fingerprint density at radius 1 is 0.967 bits per heavy atom. The third kappa shape index (κ3) is 6.23. The molecule has 0 heterocycles. The fourth-order valence-electron chi connectivity index (χ4n) is 2.67.